The SMILES string of the molecule is COC(=O)[C@@H](CCSC)NC(=O)c1cc(NC(C)=O)c2c(c1)ncn2CCc1ccccn1. The van der Waals surface area contributed by atoms with E-state index >= 15 is 0 Å². The van der Waals surface area contributed by atoms with Crippen molar-refractivity contribution in [2.45, 2.75) is 32.4 Å². The number of methoxy groups -OCH3 is 1. The lowest BCUT2D eigenvalue weighted by atomic mass is 10.1. The summed E-state index contributed by atoms with van der Waals surface area (Å²) in [4.78, 5) is 45.7. The number of thioether (sulfide) groups is 1. The highest BCUT2D eigenvalue weighted by molar-refractivity contribution is 7.98. The zero-order chi connectivity index (χ0) is 23.8. The van der Waals surface area contributed by atoms with Crippen molar-refractivity contribution in [3.8, 4) is 0 Å². The maximum atomic E-state index is 13.0. The van der Waals surface area contributed by atoms with Crippen molar-refractivity contribution in [2.24, 2.45) is 0 Å². The van der Waals surface area contributed by atoms with Crippen LogP contribution in [0.25, 0.3) is 11.0 Å². The number of benzene rings is 1. The predicted octanol–water partition coefficient (Wildman–Crippen LogP) is 2.66. The zero-order valence-electron chi connectivity index (χ0n) is 18.8. The molecule has 1 aromatic carbocycles. The summed E-state index contributed by atoms with van der Waals surface area (Å²) in [5, 5.41) is 5.53. The molecule has 10 heteroatoms. The number of hydrogen-bond donors (Lipinski definition) is 2. The number of pyridine rings is 1. The van der Waals surface area contributed by atoms with E-state index in [1.807, 2.05) is 29.0 Å². The molecule has 1 atom stereocenters. The first-order valence-corrected chi connectivity index (χ1v) is 11.9. The first-order chi connectivity index (χ1) is 15.9. The van der Waals surface area contributed by atoms with Crippen LogP contribution in [0.5, 0.6) is 0 Å². The Bertz CT molecular complexity index is 1130. The van der Waals surface area contributed by atoms with Gasteiger partial charge in [0.2, 0.25) is 5.91 Å². The number of ether oxygens (including phenoxy) is 1. The molecule has 0 radical (unpaired) electrons. The van der Waals surface area contributed by atoms with Gasteiger partial charge in [-0.2, -0.15) is 11.8 Å². The number of nitrogens with zero attached hydrogens (tertiary/aromatic N) is 3. The van der Waals surface area contributed by atoms with E-state index in [1.165, 1.54) is 14.0 Å². The highest BCUT2D eigenvalue weighted by Gasteiger charge is 2.23. The Kier molecular flexibility index (Phi) is 8.42. The number of carbonyl (C=O) groups is 3. The number of anilines is 1. The summed E-state index contributed by atoms with van der Waals surface area (Å²) in [5.74, 6) is -0.516. The second kappa shape index (κ2) is 11.5. The van der Waals surface area contributed by atoms with Crippen LogP contribution in [-0.2, 0) is 27.3 Å². The van der Waals surface area contributed by atoms with E-state index in [4.69, 9.17) is 4.74 Å². The van der Waals surface area contributed by atoms with Crippen molar-refractivity contribution in [2.75, 3.05) is 24.4 Å². The number of esters is 1. The molecule has 3 rings (SSSR count). The van der Waals surface area contributed by atoms with E-state index in [2.05, 4.69) is 20.6 Å². The third-order valence-electron chi connectivity index (χ3n) is 5.02. The first-order valence-electron chi connectivity index (χ1n) is 10.5. The number of rotatable bonds is 10. The maximum Gasteiger partial charge on any atom is 0.328 e. The van der Waals surface area contributed by atoms with Crippen molar-refractivity contribution >= 4 is 46.3 Å². The second-order valence-electron chi connectivity index (χ2n) is 7.41. The molecule has 174 valence electrons. The third-order valence-corrected chi connectivity index (χ3v) is 5.67. The minimum Gasteiger partial charge on any atom is -0.467 e. The lowest BCUT2D eigenvalue weighted by molar-refractivity contribution is -0.142. The molecule has 0 unspecified atom stereocenters. The summed E-state index contributed by atoms with van der Waals surface area (Å²) < 4.78 is 6.74. The van der Waals surface area contributed by atoms with Crippen LogP contribution in [-0.4, -0.2) is 57.5 Å². The van der Waals surface area contributed by atoms with Gasteiger partial charge < -0.3 is 19.9 Å². The van der Waals surface area contributed by atoms with Crippen molar-refractivity contribution < 1.29 is 19.1 Å². The van der Waals surface area contributed by atoms with Gasteiger partial charge in [-0.25, -0.2) is 9.78 Å². The van der Waals surface area contributed by atoms with Gasteiger partial charge in [0.15, 0.2) is 0 Å². The maximum absolute atomic E-state index is 13.0. The Morgan fingerprint density at radius 2 is 2.03 bits per heavy atom. The molecule has 0 bridgehead atoms. The number of imidazole rings is 1. The van der Waals surface area contributed by atoms with Gasteiger partial charge in [0.1, 0.15) is 6.04 Å². The first kappa shape index (κ1) is 24.2. The van der Waals surface area contributed by atoms with Gasteiger partial charge in [0, 0.05) is 37.3 Å². The Labute approximate surface area is 196 Å². The van der Waals surface area contributed by atoms with E-state index < -0.39 is 17.9 Å². The Morgan fingerprint density at radius 1 is 1.21 bits per heavy atom. The molecule has 33 heavy (non-hydrogen) atoms. The van der Waals surface area contributed by atoms with Crippen LogP contribution in [0.1, 0.15) is 29.4 Å². The summed E-state index contributed by atoms with van der Waals surface area (Å²) in [6.07, 6.45) is 6.48. The molecule has 2 aromatic heterocycles. The minimum atomic E-state index is -0.759. The van der Waals surface area contributed by atoms with E-state index in [9.17, 15) is 14.4 Å². The third kappa shape index (κ3) is 6.32. The van der Waals surface area contributed by atoms with Crippen LogP contribution in [0.2, 0.25) is 0 Å². The van der Waals surface area contributed by atoms with Gasteiger partial charge in [-0.15, -0.1) is 0 Å². The van der Waals surface area contributed by atoms with Crippen LogP contribution >= 0.6 is 11.8 Å². The molecule has 2 heterocycles. The fourth-order valence-corrected chi connectivity index (χ4v) is 3.92. The van der Waals surface area contributed by atoms with Crippen molar-refractivity contribution in [1.29, 1.82) is 0 Å². The fourth-order valence-electron chi connectivity index (χ4n) is 3.44. The smallest absolute Gasteiger partial charge is 0.328 e. The molecular formula is C23H27N5O4S. The van der Waals surface area contributed by atoms with Crippen LogP contribution in [0.3, 0.4) is 0 Å². The van der Waals surface area contributed by atoms with E-state index in [-0.39, 0.29) is 5.91 Å². The van der Waals surface area contributed by atoms with E-state index in [0.717, 1.165) is 5.69 Å². The largest absolute Gasteiger partial charge is 0.467 e. The summed E-state index contributed by atoms with van der Waals surface area (Å²) in [6.45, 7) is 2.01. The highest BCUT2D eigenvalue weighted by Crippen LogP contribution is 2.26. The summed E-state index contributed by atoms with van der Waals surface area (Å²) >= 11 is 1.57. The van der Waals surface area contributed by atoms with Gasteiger partial charge in [-0.05, 0) is 42.7 Å². The van der Waals surface area contributed by atoms with E-state index in [0.29, 0.717) is 47.4 Å². The normalized spacial score (nSPS) is 11.7. The Balaban J connectivity index is 1.89. The number of aryl methyl sites for hydroxylation is 2. The van der Waals surface area contributed by atoms with E-state index in [1.54, 1.807) is 36.4 Å². The molecule has 0 fully saturated rings. The van der Waals surface area contributed by atoms with Crippen LogP contribution < -0.4 is 10.6 Å². The highest BCUT2D eigenvalue weighted by atomic mass is 32.2. The molecule has 0 spiro atoms. The van der Waals surface area contributed by atoms with Gasteiger partial charge in [-0.3, -0.25) is 14.6 Å². The number of hydrogen-bond acceptors (Lipinski definition) is 7. The van der Waals surface area contributed by atoms with Gasteiger partial charge in [-0.1, -0.05) is 6.07 Å². The standard InChI is InChI=1S/C23H27N5O4S/c1-15(29)26-20-13-16(22(30)27-18(8-11-33-3)23(31)32-2)12-19-21(20)28(14-25-19)10-7-17-6-4-5-9-24-17/h4-6,9,12-14,18H,7-8,10-11H2,1-3H3,(H,26,29)(H,27,30)/t18-/m1/s1. The molecule has 0 aliphatic rings. The molecule has 2 N–H and O–H groups in total. The van der Waals surface area contributed by atoms with Crippen molar-refractivity contribution in [1.82, 2.24) is 19.9 Å². The van der Waals surface area contributed by atoms with Crippen LogP contribution in [0.15, 0.2) is 42.9 Å². The molecule has 0 aliphatic heterocycles. The molecule has 2 amide bonds. The molecule has 3 aromatic rings. The minimum absolute atomic E-state index is 0.265. The monoisotopic (exact) mass is 469 g/mol. The lowest BCUT2D eigenvalue weighted by Crippen LogP contribution is -2.42. The average molecular weight is 470 g/mol. The fraction of sp³-hybridized carbons (Fsp3) is 0.348. The predicted molar refractivity (Wildman–Crippen MR) is 128 cm³/mol. The zero-order valence-corrected chi connectivity index (χ0v) is 19.6. The van der Waals surface area contributed by atoms with Crippen molar-refractivity contribution in [3.63, 3.8) is 0 Å². The van der Waals surface area contributed by atoms with Crippen LogP contribution in [0.4, 0.5) is 5.69 Å². The summed E-state index contributed by atoms with van der Waals surface area (Å²) in [7, 11) is 1.29. The summed E-state index contributed by atoms with van der Waals surface area (Å²) in [6, 6.07) is 8.24. The van der Waals surface area contributed by atoms with Gasteiger partial charge in [0.05, 0.1) is 30.2 Å². The van der Waals surface area contributed by atoms with Crippen molar-refractivity contribution in [3.05, 3.63) is 54.1 Å². The molecule has 0 saturated carbocycles. The Hall–Kier alpha value is -3.40. The number of nitrogens with one attached hydrogen (secondary N) is 2. The number of amides is 2. The van der Waals surface area contributed by atoms with Gasteiger partial charge in [0.25, 0.3) is 5.91 Å². The topological polar surface area (TPSA) is 115 Å². The lowest BCUT2D eigenvalue weighted by Gasteiger charge is -2.17. The molecule has 0 saturated heterocycles. The van der Waals surface area contributed by atoms with Gasteiger partial charge >= 0.3 is 5.97 Å². The summed E-state index contributed by atoms with van der Waals surface area (Å²) in [5.41, 5.74) is 2.98. The number of fused-ring (bicyclic) bond motifs is 1. The number of carbonyl (C=O) groups excluding carboxylic acids is 3. The quantitative estimate of drug-likeness (QED) is 0.439. The second-order valence-corrected chi connectivity index (χ2v) is 8.40. The molecular weight excluding hydrogens is 442 g/mol. The average Bonchev–Trinajstić information content (AvgIpc) is 3.23. The number of aromatic nitrogens is 3. The molecule has 9 nitrogen and oxygen atoms in total. The molecule has 0 aliphatic carbocycles. The van der Waals surface area contributed by atoms with Crippen LogP contribution in [0, 0.1) is 0 Å². The Morgan fingerprint density at radius 3 is 2.70 bits per heavy atom.